The first-order valence-corrected chi connectivity index (χ1v) is 21.9. The molecule has 8 aromatic rings. The van der Waals surface area contributed by atoms with Crippen molar-refractivity contribution in [2.24, 2.45) is 0 Å². The predicted molar refractivity (Wildman–Crippen MR) is 258 cm³/mol. The van der Waals surface area contributed by atoms with Crippen LogP contribution in [0.2, 0.25) is 0 Å². The number of aromatic hydroxyl groups is 8. The van der Waals surface area contributed by atoms with Crippen LogP contribution in [0.25, 0.3) is 55.7 Å². The largest absolute Gasteiger partial charge is 0.508 e. The number of amides is 2. The lowest BCUT2D eigenvalue weighted by Crippen LogP contribution is -2.27. The third-order valence-electron chi connectivity index (χ3n) is 11.0. The molecule has 2 amide bonds. The third kappa shape index (κ3) is 10.9. The van der Waals surface area contributed by atoms with Gasteiger partial charge in [-0.25, -0.2) is 0 Å². The number of hydrogen-bond donors (Lipinski definition) is 10. The molecular weight excluding hydrogens is 941 g/mol. The number of ether oxygens (including phenoxy) is 4. The highest BCUT2D eigenvalue weighted by Crippen LogP contribution is 2.40. The van der Waals surface area contributed by atoms with Gasteiger partial charge in [-0.3, -0.25) is 19.2 Å². The van der Waals surface area contributed by atoms with Crippen molar-refractivity contribution in [3.63, 3.8) is 0 Å². The number of fused-ring (bicyclic) bond motifs is 2. The molecule has 20 nitrogen and oxygen atoms in total. The molecule has 0 atom stereocenters. The zero-order valence-corrected chi connectivity index (χ0v) is 37.7. The molecule has 20 heteroatoms. The minimum Gasteiger partial charge on any atom is -0.508 e. The Kier molecular flexibility index (Phi) is 14.6. The number of phenolic OH excluding ortho intramolecular Hbond substituents is 8. The van der Waals surface area contributed by atoms with Gasteiger partial charge < -0.3 is 79.3 Å². The summed E-state index contributed by atoms with van der Waals surface area (Å²) in [5.74, 6) is -5.14. The van der Waals surface area contributed by atoms with Gasteiger partial charge in [0, 0.05) is 59.6 Å². The molecule has 370 valence electrons. The van der Waals surface area contributed by atoms with E-state index in [1.165, 1.54) is 24.3 Å². The van der Waals surface area contributed by atoms with Crippen LogP contribution in [0.3, 0.4) is 0 Å². The van der Waals surface area contributed by atoms with Crippen molar-refractivity contribution in [1.29, 1.82) is 0 Å². The van der Waals surface area contributed by atoms with Crippen molar-refractivity contribution >= 4 is 33.8 Å². The van der Waals surface area contributed by atoms with Crippen LogP contribution in [0.1, 0.15) is 20.7 Å². The van der Waals surface area contributed by atoms with Gasteiger partial charge in [-0.2, -0.15) is 0 Å². The van der Waals surface area contributed by atoms with Crippen molar-refractivity contribution in [2.75, 3.05) is 52.7 Å². The maximum absolute atomic E-state index is 13.4. The van der Waals surface area contributed by atoms with Crippen molar-refractivity contribution < 1.29 is 78.2 Å². The summed E-state index contributed by atoms with van der Waals surface area (Å²) in [4.78, 5) is 52.6. The lowest BCUT2D eigenvalue weighted by molar-refractivity contribution is 0.0860. The highest BCUT2D eigenvalue weighted by molar-refractivity contribution is 5.96. The van der Waals surface area contributed by atoms with Crippen molar-refractivity contribution in [3.8, 4) is 91.3 Å². The molecule has 0 bridgehead atoms. The van der Waals surface area contributed by atoms with Crippen LogP contribution in [0.5, 0.6) is 57.5 Å². The normalized spacial score (nSPS) is 11.2. The number of nitrogens with one attached hydrogen (secondary N) is 2. The number of rotatable bonds is 19. The smallest absolute Gasteiger partial charge is 0.251 e. The quantitative estimate of drug-likeness (QED) is 0.0319. The zero-order chi connectivity index (χ0) is 51.1. The number of benzene rings is 6. The van der Waals surface area contributed by atoms with E-state index >= 15 is 0 Å². The summed E-state index contributed by atoms with van der Waals surface area (Å²) in [6.07, 6.45) is 0. The van der Waals surface area contributed by atoms with Crippen LogP contribution in [0.4, 0.5) is 0 Å². The van der Waals surface area contributed by atoms with Crippen molar-refractivity contribution in [3.05, 3.63) is 141 Å². The molecule has 2 aromatic heterocycles. The highest BCUT2D eigenvalue weighted by atomic mass is 16.5. The molecule has 0 radical (unpaired) electrons. The van der Waals surface area contributed by atoms with E-state index in [9.17, 15) is 60.0 Å². The van der Waals surface area contributed by atoms with Gasteiger partial charge in [-0.05, 0) is 71.8 Å². The summed E-state index contributed by atoms with van der Waals surface area (Å²) < 4.78 is 34.3. The lowest BCUT2D eigenvalue weighted by Gasteiger charge is -2.13. The minimum atomic E-state index is -0.753. The maximum atomic E-state index is 13.4. The van der Waals surface area contributed by atoms with E-state index in [0.717, 1.165) is 47.5 Å². The summed E-state index contributed by atoms with van der Waals surface area (Å²) in [6, 6.07) is 25.3. The number of carbonyl (C=O) groups excluding carboxylic acids is 2. The molecule has 8 rings (SSSR count). The van der Waals surface area contributed by atoms with E-state index in [1.54, 1.807) is 48.5 Å². The lowest BCUT2D eigenvalue weighted by atomic mass is 10.0. The zero-order valence-electron chi connectivity index (χ0n) is 37.7. The van der Waals surface area contributed by atoms with Gasteiger partial charge in [-0.15, -0.1) is 0 Å². The molecule has 0 unspecified atom stereocenters. The molecule has 0 fully saturated rings. The Labute approximate surface area is 406 Å². The first kappa shape index (κ1) is 49.0. The summed E-state index contributed by atoms with van der Waals surface area (Å²) in [6.45, 7) is 0.127. The van der Waals surface area contributed by atoms with Gasteiger partial charge in [0.15, 0.2) is 34.5 Å². The molecule has 0 aliphatic heterocycles. The van der Waals surface area contributed by atoms with Crippen LogP contribution >= 0.6 is 0 Å². The molecule has 0 saturated carbocycles. The molecule has 72 heavy (non-hydrogen) atoms. The van der Waals surface area contributed by atoms with Crippen LogP contribution in [-0.2, 0) is 9.47 Å². The Bertz CT molecular complexity index is 3210. The van der Waals surface area contributed by atoms with Crippen LogP contribution in [-0.4, -0.2) is 105 Å². The maximum Gasteiger partial charge on any atom is 0.251 e. The van der Waals surface area contributed by atoms with E-state index in [4.69, 9.17) is 27.8 Å². The Morgan fingerprint density at radius 2 is 0.792 bits per heavy atom. The number of phenols is 8. The highest BCUT2D eigenvalue weighted by Gasteiger charge is 2.24. The van der Waals surface area contributed by atoms with Gasteiger partial charge in [0.1, 0.15) is 58.2 Å². The van der Waals surface area contributed by atoms with E-state index in [-0.39, 0.29) is 132 Å². The average Bonchev–Trinajstić information content (AvgIpc) is 3.35. The van der Waals surface area contributed by atoms with Gasteiger partial charge in [-0.1, -0.05) is 24.3 Å². The second-order valence-electron chi connectivity index (χ2n) is 15.9. The Balaban J connectivity index is 0.761. The topological polar surface area (TPSA) is 317 Å². The standard InChI is InChI=1S/C52H44N2O18/c55-33-23-39(61)43-41(25-33)71-47(31-9-11-35(57)37(59)21-31)49(45(43)63)69-19-17-67-15-13-53-51(65)29-5-1-27(2-6-29)28-3-7-30(8-4-28)52(66)54-14-16-68-18-20-70-50-46(64)44-40(62)24-34(56)26-42(44)72-48(50)32-10-12-36(58)38(60)22-32/h1-12,21-26,55-62H,13-20H2,(H,53,65)(H,54,66). The number of carbonyl (C=O) groups is 2. The fraction of sp³-hybridized carbons (Fsp3) is 0.154. The Hall–Kier alpha value is -9.40. The molecule has 2 heterocycles. The van der Waals surface area contributed by atoms with Crippen molar-refractivity contribution in [1.82, 2.24) is 10.6 Å². The molecule has 0 saturated heterocycles. The van der Waals surface area contributed by atoms with Crippen LogP contribution < -0.4 is 31.0 Å². The second-order valence-corrected chi connectivity index (χ2v) is 15.9. The van der Waals surface area contributed by atoms with E-state index in [2.05, 4.69) is 10.6 Å². The predicted octanol–water partition coefficient (Wildman–Crippen LogP) is 6.20. The summed E-state index contributed by atoms with van der Waals surface area (Å²) >= 11 is 0. The van der Waals surface area contributed by atoms with E-state index < -0.39 is 45.4 Å². The summed E-state index contributed by atoms with van der Waals surface area (Å²) in [7, 11) is 0. The first-order chi connectivity index (χ1) is 34.7. The SMILES string of the molecule is O=C(NCCOCCOc1c(-c2ccc(O)c(O)c2)oc2cc(O)cc(O)c2c1=O)c1ccc(-c2ccc(C(=O)NCCOCCOc3c(-c4ccc(O)c(O)c4)oc4cc(O)cc(O)c4c3=O)cc2)cc1. The van der Waals surface area contributed by atoms with E-state index in [1.807, 2.05) is 0 Å². The summed E-state index contributed by atoms with van der Waals surface area (Å²) in [5, 5.41) is 85.3. The third-order valence-corrected chi connectivity index (χ3v) is 11.0. The molecule has 10 N–H and O–H groups in total. The van der Waals surface area contributed by atoms with Gasteiger partial charge in [0.05, 0.1) is 26.4 Å². The molecule has 0 spiro atoms. The van der Waals surface area contributed by atoms with Crippen LogP contribution in [0.15, 0.2) is 128 Å². The summed E-state index contributed by atoms with van der Waals surface area (Å²) in [5.41, 5.74) is 0.912. The van der Waals surface area contributed by atoms with Gasteiger partial charge >= 0.3 is 0 Å². The fourth-order valence-electron chi connectivity index (χ4n) is 7.42. The molecule has 6 aromatic carbocycles. The molecular formula is C52H44N2O18. The monoisotopic (exact) mass is 984 g/mol. The molecule has 0 aliphatic rings. The average molecular weight is 985 g/mol. The van der Waals surface area contributed by atoms with Crippen molar-refractivity contribution in [2.45, 2.75) is 0 Å². The minimum absolute atomic E-state index is 0.0183. The van der Waals surface area contributed by atoms with E-state index in [0.29, 0.717) is 11.1 Å². The number of hydrogen-bond acceptors (Lipinski definition) is 18. The van der Waals surface area contributed by atoms with Crippen LogP contribution in [0, 0.1) is 0 Å². The Morgan fingerprint density at radius 1 is 0.417 bits per heavy atom. The fourth-order valence-corrected chi connectivity index (χ4v) is 7.42. The first-order valence-electron chi connectivity index (χ1n) is 21.9. The Morgan fingerprint density at radius 3 is 1.17 bits per heavy atom. The second kappa shape index (κ2) is 21.5. The van der Waals surface area contributed by atoms with Gasteiger partial charge in [0.25, 0.3) is 11.8 Å². The van der Waals surface area contributed by atoms with Gasteiger partial charge in [0.2, 0.25) is 22.4 Å². The molecule has 0 aliphatic carbocycles.